The van der Waals surface area contributed by atoms with Crippen LogP contribution in [0.3, 0.4) is 0 Å². The molecule has 0 aromatic carbocycles. The first kappa shape index (κ1) is 8.20. The number of rotatable bonds is 3. The second-order valence-corrected chi connectivity index (χ2v) is 2.55. The van der Waals surface area contributed by atoms with E-state index < -0.39 is 17.7 Å². The third-order valence-electron chi connectivity index (χ3n) is 1.57. The van der Waals surface area contributed by atoms with Gasteiger partial charge in [0.1, 0.15) is 0 Å². The number of hydrogen-bond donors (Lipinski definition) is 0. The summed E-state index contributed by atoms with van der Waals surface area (Å²) in [6.45, 7) is 3.58. The lowest BCUT2D eigenvalue weighted by atomic mass is 10.1. The highest BCUT2D eigenvalue weighted by Gasteiger charge is 2.58. The molecule has 0 aromatic rings. The van der Waals surface area contributed by atoms with Gasteiger partial charge < -0.3 is 14.3 Å². The summed E-state index contributed by atoms with van der Waals surface area (Å²) in [5.41, 5.74) is -0.924. The van der Waals surface area contributed by atoms with Gasteiger partial charge in [0.2, 0.25) is 0 Å². The molecule has 0 aromatic heterocycles. The summed E-state index contributed by atoms with van der Waals surface area (Å²) in [7, 11) is 0. The molecule has 1 aliphatic heterocycles. The predicted molar refractivity (Wildman–Crippen MR) is 36.0 cm³/mol. The fourth-order valence-electron chi connectivity index (χ4n) is 0.810. The standard InChI is InChI=1S/C7H10O4/c1-3-10-6(9)5-7(2,4-8)11-5/h4-5H,3H2,1-2H3/t5-,7-/m0/s1. The fourth-order valence-corrected chi connectivity index (χ4v) is 0.810. The van der Waals surface area contributed by atoms with E-state index in [4.69, 9.17) is 4.74 Å². The van der Waals surface area contributed by atoms with Crippen molar-refractivity contribution in [3.8, 4) is 0 Å². The van der Waals surface area contributed by atoms with E-state index in [1.807, 2.05) is 0 Å². The zero-order valence-electron chi connectivity index (χ0n) is 6.49. The van der Waals surface area contributed by atoms with Gasteiger partial charge in [-0.1, -0.05) is 0 Å². The number of aldehydes is 1. The van der Waals surface area contributed by atoms with Crippen LogP contribution in [0.15, 0.2) is 0 Å². The molecular formula is C7H10O4. The van der Waals surface area contributed by atoms with Crippen molar-refractivity contribution in [2.24, 2.45) is 0 Å². The lowest BCUT2D eigenvalue weighted by Crippen LogP contribution is -2.20. The summed E-state index contributed by atoms with van der Waals surface area (Å²) in [4.78, 5) is 21.1. The average molecular weight is 158 g/mol. The van der Waals surface area contributed by atoms with Crippen molar-refractivity contribution in [3.05, 3.63) is 0 Å². The molecule has 0 amide bonds. The number of carbonyl (C=O) groups excluding carboxylic acids is 2. The Morgan fingerprint density at radius 2 is 2.45 bits per heavy atom. The molecule has 1 aliphatic rings. The topological polar surface area (TPSA) is 55.9 Å². The molecule has 1 saturated heterocycles. The molecule has 0 N–H and O–H groups in total. The first-order chi connectivity index (χ1) is 5.14. The van der Waals surface area contributed by atoms with Crippen molar-refractivity contribution in [1.29, 1.82) is 0 Å². The lowest BCUT2D eigenvalue weighted by molar-refractivity contribution is -0.144. The summed E-state index contributed by atoms with van der Waals surface area (Å²) in [6.07, 6.45) is -0.0610. The van der Waals surface area contributed by atoms with E-state index in [1.165, 1.54) is 0 Å². The minimum Gasteiger partial charge on any atom is -0.464 e. The zero-order valence-corrected chi connectivity index (χ0v) is 6.49. The molecule has 0 bridgehead atoms. The van der Waals surface area contributed by atoms with Crippen LogP contribution in [0.4, 0.5) is 0 Å². The summed E-state index contributed by atoms with van der Waals surface area (Å²) in [5, 5.41) is 0. The highest BCUT2D eigenvalue weighted by Crippen LogP contribution is 2.34. The van der Waals surface area contributed by atoms with Crippen LogP contribution in [0, 0.1) is 0 Å². The summed E-state index contributed by atoms with van der Waals surface area (Å²) in [5.74, 6) is -0.456. The van der Waals surface area contributed by atoms with Crippen LogP contribution >= 0.6 is 0 Å². The Labute approximate surface area is 64.5 Å². The maximum atomic E-state index is 10.9. The Morgan fingerprint density at radius 3 is 2.82 bits per heavy atom. The predicted octanol–water partition coefficient (Wildman–Crippen LogP) is -0.0941. The number of carbonyl (C=O) groups is 2. The molecular weight excluding hydrogens is 148 g/mol. The molecule has 11 heavy (non-hydrogen) atoms. The third-order valence-corrected chi connectivity index (χ3v) is 1.57. The zero-order chi connectivity index (χ0) is 8.48. The number of hydrogen-bond acceptors (Lipinski definition) is 4. The molecule has 1 rings (SSSR count). The van der Waals surface area contributed by atoms with Gasteiger partial charge in [0.25, 0.3) is 0 Å². The third kappa shape index (κ3) is 1.40. The summed E-state index contributed by atoms with van der Waals surface area (Å²) in [6, 6.07) is 0. The van der Waals surface area contributed by atoms with E-state index in [0.717, 1.165) is 0 Å². The van der Waals surface area contributed by atoms with E-state index in [2.05, 4.69) is 4.74 Å². The van der Waals surface area contributed by atoms with E-state index in [1.54, 1.807) is 13.8 Å². The Hall–Kier alpha value is -0.900. The van der Waals surface area contributed by atoms with Gasteiger partial charge in [0.05, 0.1) is 6.61 Å². The van der Waals surface area contributed by atoms with Gasteiger partial charge in [-0.05, 0) is 13.8 Å². The molecule has 4 heteroatoms. The number of epoxide rings is 1. The lowest BCUT2D eigenvalue weighted by Gasteiger charge is -1.96. The molecule has 0 unspecified atom stereocenters. The van der Waals surface area contributed by atoms with Crippen molar-refractivity contribution >= 4 is 12.3 Å². The average Bonchev–Trinajstić information content (AvgIpc) is 2.65. The van der Waals surface area contributed by atoms with Crippen molar-refractivity contribution < 1.29 is 19.1 Å². The maximum absolute atomic E-state index is 10.9. The molecule has 0 aliphatic carbocycles. The first-order valence-corrected chi connectivity index (χ1v) is 3.45. The van der Waals surface area contributed by atoms with Crippen molar-refractivity contribution in [2.75, 3.05) is 6.61 Å². The van der Waals surface area contributed by atoms with Crippen molar-refractivity contribution in [2.45, 2.75) is 25.6 Å². The second kappa shape index (κ2) is 2.62. The van der Waals surface area contributed by atoms with Gasteiger partial charge in [-0.2, -0.15) is 0 Å². The van der Waals surface area contributed by atoms with Gasteiger partial charge >= 0.3 is 5.97 Å². The molecule has 0 saturated carbocycles. The first-order valence-electron chi connectivity index (χ1n) is 3.45. The van der Waals surface area contributed by atoms with Crippen LogP contribution in [0.2, 0.25) is 0 Å². The van der Waals surface area contributed by atoms with Crippen molar-refractivity contribution in [3.63, 3.8) is 0 Å². The smallest absolute Gasteiger partial charge is 0.338 e. The number of esters is 1. The second-order valence-electron chi connectivity index (χ2n) is 2.55. The van der Waals surface area contributed by atoms with Crippen LogP contribution in [-0.2, 0) is 19.1 Å². The molecule has 1 heterocycles. The minimum atomic E-state index is -0.924. The molecule has 0 radical (unpaired) electrons. The highest BCUT2D eigenvalue weighted by atomic mass is 16.7. The molecule has 0 spiro atoms. The molecule has 2 atom stereocenters. The maximum Gasteiger partial charge on any atom is 0.338 e. The Kier molecular flexibility index (Phi) is 1.95. The summed E-state index contributed by atoms with van der Waals surface area (Å²) >= 11 is 0. The van der Waals surface area contributed by atoms with Gasteiger partial charge in [-0.3, -0.25) is 0 Å². The molecule has 1 fully saturated rings. The Bertz CT molecular complexity index is 189. The van der Waals surface area contributed by atoms with Crippen LogP contribution in [0.25, 0.3) is 0 Å². The van der Waals surface area contributed by atoms with Gasteiger partial charge in [-0.15, -0.1) is 0 Å². The molecule has 62 valence electrons. The van der Waals surface area contributed by atoms with Crippen LogP contribution in [-0.4, -0.2) is 30.6 Å². The quantitative estimate of drug-likeness (QED) is 0.327. The highest BCUT2D eigenvalue weighted by molar-refractivity contribution is 5.87. The normalized spacial score (nSPS) is 34.5. The van der Waals surface area contributed by atoms with E-state index in [0.29, 0.717) is 12.9 Å². The van der Waals surface area contributed by atoms with E-state index >= 15 is 0 Å². The Balaban J connectivity index is 2.42. The summed E-state index contributed by atoms with van der Waals surface area (Å²) < 4.78 is 9.47. The van der Waals surface area contributed by atoms with Crippen LogP contribution in [0.5, 0.6) is 0 Å². The van der Waals surface area contributed by atoms with E-state index in [-0.39, 0.29) is 0 Å². The largest absolute Gasteiger partial charge is 0.464 e. The minimum absolute atomic E-state index is 0.313. The SMILES string of the molecule is CCOC(=O)[C@@H]1O[C@@]1(C)C=O. The molecule has 4 nitrogen and oxygen atoms in total. The van der Waals surface area contributed by atoms with Crippen molar-refractivity contribution in [1.82, 2.24) is 0 Å². The monoisotopic (exact) mass is 158 g/mol. The van der Waals surface area contributed by atoms with Crippen LogP contribution in [0.1, 0.15) is 13.8 Å². The van der Waals surface area contributed by atoms with E-state index in [9.17, 15) is 9.59 Å². The van der Waals surface area contributed by atoms with Gasteiger partial charge in [0.15, 0.2) is 18.0 Å². The van der Waals surface area contributed by atoms with Gasteiger partial charge in [0, 0.05) is 0 Å². The van der Waals surface area contributed by atoms with Gasteiger partial charge in [-0.25, -0.2) is 4.79 Å². The fraction of sp³-hybridized carbons (Fsp3) is 0.714. The Morgan fingerprint density at radius 1 is 1.82 bits per heavy atom. The van der Waals surface area contributed by atoms with Crippen LogP contribution < -0.4 is 0 Å². The number of ether oxygens (including phenoxy) is 2.